The van der Waals surface area contributed by atoms with E-state index in [0.29, 0.717) is 18.7 Å². The van der Waals surface area contributed by atoms with Crippen LogP contribution in [0.25, 0.3) is 0 Å². The minimum absolute atomic E-state index is 0.000715. The SMILES string of the molecule is Cc1ccncc1NC(=O)N(CCCC(=O)O)C(C)C. The number of urea groups is 1. The van der Waals surface area contributed by atoms with E-state index >= 15 is 0 Å². The molecule has 0 aliphatic carbocycles. The average Bonchev–Trinajstić information content (AvgIpc) is 2.36. The van der Waals surface area contributed by atoms with Crippen molar-refractivity contribution in [2.45, 2.75) is 39.7 Å². The highest BCUT2D eigenvalue weighted by Crippen LogP contribution is 2.13. The van der Waals surface area contributed by atoms with Crippen LogP contribution in [0.1, 0.15) is 32.3 Å². The second-order valence-electron chi connectivity index (χ2n) is 4.91. The first kappa shape index (κ1) is 15.9. The monoisotopic (exact) mass is 279 g/mol. The number of hydrogen-bond acceptors (Lipinski definition) is 3. The summed E-state index contributed by atoms with van der Waals surface area (Å²) in [5, 5.41) is 11.5. The Hall–Kier alpha value is -2.11. The van der Waals surface area contributed by atoms with E-state index < -0.39 is 5.97 Å². The van der Waals surface area contributed by atoms with Gasteiger partial charge in [-0.15, -0.1) is 0 Å². The molecule has 0 bridgehead atoms. The number of nitrogens with zero attached hydrogens (tertiary/aromatic N) is 2. The van der Waals surface area contributed by atoms with Crippen LogP contribution >= 0.6 is 0 Å². The van der Waals surface area contributed by atoms with Gasteiger partial charge in [-0.1, -0.05) is 0 Å². The highest BCUT2D eigenvalue weighted by atomic mass is 16.4. The third-order valence-corrected chi connectivity index (χ3v) is 2.95. The van der Waals surface area contributed by atoms with Gasteiger partial charge in [-0.2, -0.15) is 0 Å². The van der Waals surface area contributed by atoms with Crippen LogP contribution in [0.2, 0.25) is 0 Å². The summed E-state index contributed by atoms with van der Waals surface area (Å²) in [7, 11) is 0. The highest BCUT2D eigenvalue weighted by Gasteiger charge is 2.17. The van der Waals surface area contributed by atoms with E-state index in [4.69, 9.17) is 5.11 Å². The van der Waals surface area contributed by atoms with Gasteiger partial charge in [0, 0.05) is 25.2 Å². The van der Waals surface area contributed by atoms with Crippen LogP contribution < -0.4 is 5.32 Å². The Balaban J connectivity index is 2.65. The second-order valence-corrected chi connectivity index (χ2v) is 4.91. The Morgan fingerprint density at radius 1 is 1.45 bits per heavy atom. The molecule has 110 valence electrons. The van der Waals surface area contributed by atoms with Crippen molar-refractivity contribution in [3.8, 4) is 0 Å². The van der Waals surface area contributed by atoms with Gasteiger partial charge in [-0.25, -0.2) is 4.79 Å². The van der Waals surface area contributed by atoms with Gasteiger partial charge in [-0.3, -0.25) is 9.78 Å². The zero-order valence-electron chi connectivity index (χ0n) is 12.1. The molecule has 1 aromatic rings. The fraction of sp³-hybridized carbons (Fsp3) is 0.500. The van der Waals surface area contributed by atoms with Gasteiger partial charge in [0.15, 0.2) is 0 Å². The molecule has 0 fully saturated rings. The summed E-state index contributed by atoms with van der Waals surface area (Å²) in [6, 6.07) is 1.59. The molecule has 6 nitrogen and oxygen atoms in total. The molecule has 2 amide bonds. The fourth-order valence-electron chi connectivity index (χ4n) is 1.78. The predicted molar refractivity (Wildman–Crippen MR) is 76.7 cm³/mol. The van der Waals surface area contributed by atoms with E-state index in [1.54, 1.807) is 17.3 Å². The van der Waals surface area contributed by atoms with Crippen LogP contribution in [0, 0.1) is 6.92 Å². The summed E-state index contributed by atoms with van der Waals surface area (Å²) in [6.45, 7) is 6.10. The van der Waals surface area contributed by atoms with Gasteiger partial charge < -0.3 is 15.3 Å². The van der Waals surface area contributed by atoms with E-state index in [1.807, 2.05) is 26.8 Å². The summed E-state index contributed by atoms with van der Waals surface area (Å²) < 4.78 is 0. The average molecular weight is 279 g/mol. The van der Waals surface area contributed by atoms with E-state index in [2.05, 4.69) is 10.3 Å². The quantitative estimate of drug-likeness (QED) is 0.838. The molecule has 0 saturated heterocycles. The van der Waals surface area contributed by atoms with Crippen LogP contribution in [0.4, 0.5) is 10.5 Å². The van der Waals surface area contributed by atoms with Gasteiger partial charge in [0.2, 0.25) is 0 Å². The molecular formula is C14H21N3O3. The third kappa shape index (κ3) is 4.87. The Labute approximate surface area is 118 Å². The number of carboxylic acids is 1. The highest BCUT2D eigenvalue weighted by molar-refractivity contribution is 5.90. The molecule has 0 saturated carbocycles. The fourth-order valence-corrected chi connectivity index (χ4v) is 1.78. The first-order valence-electron chi connectivity index (χ1n) is 6.62. The van der Waals surface area contributed by atoms with E-state index in [9.17, 15) is 9.59 Å². The molecule has 2 N–H and O–H groups in total. The largest absolute Gasteiger partial charge is 0.481 e. The summed E-state index contributed by atoms with van der Waals surface area (Å²) in [5.74, 6) is -0.850. The minimum atomic E-state index is -0.850. The molecule has 1 aromatic heterocycles. The summed E-state index contributed by atoms with van der Waals surface area (Å²) in [6.07, 6.45) is 3.76. The topological polar surface area (TPSA) is 82.5 Å². The Morgan fingerprint density at radius 2 is 2.15 bits per heavy atom. The van der Waals surface area contributed by atoms with E-state index in [0.717, 1.165) is 5.56 Å². The molecule has 20 heavy (non-hydrogen) atoms. The molecule has 1 rings (SSSR count). The van der Waals surface area contributed by atoms with Crippen molar-refractivity contribution >= 4 is 17.7 Å². The van der Waals surface area contributed by atoms with E-state index in [-0.39, 0.29) is 18.5 Å². The van der Waals surface area contributed by atoms with Crippen molar-refractivity contribution in [2.75, 3.05) is 11.9 Å². The zero-order valence-corrected chi connectivity index (χ0v) is 12.1. The van der Waals surface area contributed by atoms with Gasteiger partial charge in [0.25, 0.3) is 0 Å². The van der Waals surface area contributed by atoms with Crippen LogP contribution in [0.15, 0.2) is 18.5 Å². The van der Waals surface area contributed by atoms with Gasteiger partial charge in [0.1, 0.15) is 0 Å². The number of aromatic nitrogens is 1. The summed E-state index contributed by atoms with van der Waals surface area (Å²) >= 11 is 0. The van der Waals surface area contributed by atoms with Crippen LogP contribution in [-0.4, -0.2) is 39.6 Å². The van der Waals surface area contributed by atoms with Gasteiger partial charge in [-0.05, 0) is 38.8 Å². The number of anilines is 1. The molecule has 0 aromatic carbocycles. The lowest BCUT2D eigenvalue weighted by Gasteiger charge is -2.27. The third-order valence-electron chi connectivity index (χ3n) is 2.95. The molecular weight excluding hydrogens is 258 g/mol. The predicted octanol–water partition coefficient (Wildman–Crippen LogP) is 2.50. The number of nitrogens with one attached hydrogen (secondary N) is 1. The van der Waals surface area contributed by atoms with Crippen molar-refractivity contribution in [1.82, 2.24) is 9.88 Å². The maximum Gasteiger partial charge on any atom is 0.322 e. The molecule has 0 aliphatic rings. The van der Waals surface area contributed by atoms with Crippen LogP contribution in [-0.2, 0) is 4.79 Å². The maximum absolute atomic E-state index is 12.2. The molecule has 0 radical (unpaired) electrons. The molecule has 0 unspecified atom stereocenters. The smallest absolute Gasteiger partial charge is 0.322 e. The number of rotatable bonds is 6. The van der Waals surface area contributed by atoms with Gasteiger partial charge >= 0.3 is 12.0 Å². The lowest BCUT2D eigenvalue weighted by Crippen LogP contribution is -2.41. The first-order valence-corrected chi connectivity index (χ1v) is 6.62. The standard InChI is InChI=1S/C14H21N3O3/c1-10(2)17(8-4-5-13(18)19)14(20)16-12-9-15-7-6-11(12)3/h6-7,9-10H,4-5,8H2,1-3H3,(H,16,20)(H,18,19). The Kier molecular flexibility index (Phi) is 5.96. The Bertz CT molecular complexity index is 474. The van der Waals surface area contributed by atoms with Crippen molar-refractivity contribution in [3.63, 3.8) is 0 Å². The number of aliphatic carboxylic acids is 1. The molecule has 1 heterocycles. The van der Waals surface area contributed by atoms with Crippen molar-refractivity contribution in [3.05, 3.63) is 24.0 Å². The lowest BCUT2D eigenvalue weighted by molar-refractivity contribution is -0.137. The number of hydrogen-bond donors (Lipinski definition) is 2. The molecule has 6 heteroatoms. The number of amides is 2. The summed E-state index contributed by atoms with van der Waals surface area (Å²) in [4.78, 5) is 28.3. The van der Waals surface area contributed by atoms with Crippen molar-refractivity contribution in [2.24, 2.45) is 0 Å². The number of carboxylic acid groups (broad SMARTS) is 1. The lowest BCUT2D eigenvalue weighted by atomic mass is 10.2. The van der Waals surface area contributed by atoms with Gasteiger partial charge in [0.05, 0.1) is 11.9 Å². The van der Waals surface area contributed by atoms with Crippen LogP contribution in [0.3, 0.4) is 0 Å². The maximum atomic E-state index is 12.2. The van der Waals surface area contributed by atoms with Crippen molar-refractivity contribution in [1.29, 1.82) is 0 Å². The molecule has 0 spiro atoms. The minimum Gasteiger partial charge on any atom is -0.481 e. The normalized spacial score (nSPS) is 10.4. The number of aryl methyl sites for hydroxylation is 1. The zero-order chi connectivity index (χ0) is 15.1. The summed E-state index contributed by atoms with van der Waals surface area (Å²) in [5.41, 5.74) is 1.60. The van der Waals surface area contributed by atoms with Crippen molar-refractivity contribution < 1.29 is 14.7 Å². The number of carbonyl (C=O) groups excluding carboxylic acids is 1. The number of carbonyl (C=O) groups is 2. The van der Waals surface area contributed by atoms with E-state index in [1.165, 1.54) is 0 Å². The molecule has 0 atom stereocenters. The first-order chi connectivity index (χ1) is 9.41. The molecule has 0 aliphatic heterocycles. The Morgan fingerprint density at radius 3 is 2.70 bits per heavy atom. The second kappa shape index (κ2) is 7.47. The van der Waals surface area contributed by atoms with Crippen LogP contribution in [0.5, 0.6) is 0 Å². The number of pyridine rings is 1.